The number of piperidine rings is 1. The molecule has 1 aromatic rings. The van der Waals surface area contributed by atoms with E-state index in [9.17, 15) is 4.79 Å². The lowest BCUT2D eigenvalue weighted by Gasteiger charge is -2.28. The van der Waals surface area contributed by atoms with Crippen molar-refractivity contribution in [2.45, 2.75) is 31.7 Å². The SMILES string of the molecule is NC(=O)C1CC([CH]CCc2ccncc2)CCN1. The van der Waals surface area contributed by atoms with Crippen molar-refractivity contribution in [2.24, 2.45) is 11.7 Å². The van der Waals surface area contributed by atoms with Crippen molar-refractivity contribution in [1.82, 2.24) is 10.3 Å². The molecule has 3 N–H and O–H groups in total. The molecule has 1 amide bonds. The highest BCUT2D eigenvalue weighted by atomic mass is 16.1. The van der Waals surface area contributed by atoms with Gasteiger partial charge in [-0.2, -0.15) is 0 Å². The predicted octanol–water partition coefficient (Wildman–Crippen LogP) is 1.07. The van der Waals surface area contributed by atoms with E-state index in [1.807, 2.05) is 24.5 Å². The van der Waals surface area contributed by atoms with Gasteiger partial charge in [-0.15, -0.1) is 0 Å². The Labute approximate surface area is 108 Å². The van der Waals surface area contributed by atoms with Crippen LogP contribution in [0.1, 0.15) is 24.8 Å². The van der Waals surface area contributed by atoms with Gasteiger partial charge >= 0.3 is 0 Å². The highest BCUT2D eigenvalue weighted by Gasteiger charge is 2.24. The molecule has 2 rings (SSSR count). The van der Waals surface area contributed by atoms with Crippen molar-refractivity contribution in [3.63, 3.8) is 0 Å². The van der Waals surface area contributed by atoms with Crippen LogP contribution in [0.4, 0.5) is 0 Å². The first-order valence-corrected chi connectivity index (χ1v) is 6.50. The van der Waals surface area contributed by atoms with Gasteiger partial charge in [-0.1, -0.05) is 0 Å². The van der Waals surface area contributed by atoms with E-state index in [1.165, 1.54) is 5.56 Å². The quantitative estimate of drug-likeness (QED) is 0.816. The Kier molecular flexibility index (Phi) is 4.70. The zero-order valence-electron chi connectivity index (χ0n) is 10.5. The first-order valence-electron chi connectivity index (χ1n) is 6.50. The third-order valence-corrected chi connectivity index (χ3v) is 3.47. The topological polar surface area (TPSA) is 68.0 Å². The lowest BCUT2D eigenvalue weighted by atomic mass is 9.87. The largest absolute Gasteiger partial charge is 0.368 e. The number of carbonyl (C=O) groups is 1. The summed E-state index contributed by atoms with van der Waals surface area (Å²) in [5.74, 6) is 0.271. The van der Waals surface area contributed by atoms with Crippen LogP contribution in [-0.4, -0.2) is 23.5 Å². The van der Waals surface area contributed by atoms with Crippen LogP contribution in [0, 0.1) is 12.3 Å². The minimum absolute atomic E-state index is 0.152. The van der Waals surface area contributed by atoms with E-state index in [0.717, 1.165) is 32.2 Å². The first-order chi connectivity index (χ1) is 8.75. The van der Waals surface area contributed by atoms with Crippen LogP contribution in [0.2, 0.25) is 0 Å². The Morgan fingerprint density at radius 3 is 3.00 bits per heavy atom. The molecule has 4 nitrogen and oxygen atoms in total. The van der Waals surface area contributed by atoms with E-state index >= 15 is 0 Å². The van der Waals surface area contributed by atoms with Crippen LogP contribution in [0.25, 0.3) is 0 Å². The molecule has 2 unspecified atom stereocenters. The summed E-state index contributed by atoms with van der Waals surface area (Å²) in [5, 5.41) is 3.15. The maximum absolute atomic E-state index is 11.1. The molecule has 0 aromatic carbocycles. The second-order valence-electron chi connectivity index (χ2n) is 4.82. The molecule has 18 heavy (non-hydrogen) atoms. The molecule has 1 saturated heterocycles. The molecular weight excluding hydrogens is 226 g/mol. The number of nitrogens with one attached hydrogen (secondary N) is 1. The van der Waals surface area contributed by atoms with Crippen molar-refractivity contribution >= 4 is 5.91 Å². The number of aromatic nitrogens is 1. The molecular formula is C14H20N3O. The molecule has 97 valence electrons. The fraction of sp³-hybridized carbons (Fsp3) is 0.500. The molecule has 2 atom stereocenters. The van der Waals surface area contributed by atoms with E-state index in [4.69, 9.17) is 5.73 Å². The van der Waals surface area contributed by atoms with E-state index in [1.54, 1.807) is 0 Å². The van der Waals surface area contributed by atoms with Gasteiger partial charge in [0.15, 0.2) is 0 Å². The average molecular weight is 246 g/mol. The number of nitrogens with zero attached hydrogens (tertiary/aromatic N) is 1. The molecule has 0 bridgehead atoms. The molecule has 1 aliphatic heterocycles. The van der Waals surface area contributed by atoms with Gasteiger partial charge in [0.1, 0.15) is 0 Å². The lowest BCUT2D eigenvalue weighted by Crippen LogP contribution is -2.46. The standard InChI is InChI=1S/C14H20N3O/c15-14(18)13-10-12(6-9-17-13)3-1-2-11-4-7-16-8-5-11/h3-5,7-8,12-13,17H,1-2,6,9-10H2,(H2,15,18). The molecule has 1 aliphatic rings. The summed E-state index contributed by atoms with van der Waals surface area (Å²) in [6.45, 7) is 0.879. The van der Waals surface area contributed by atoms with Gasteiger partial charge in [-0.25, -0.2) is 0 Å². The van der Waals surface area contributed by atoms with Crippen LogP contribution in [-0.2, 0) is 11.2 Å². The molecule has 1 aromatic heterocycles. The summed E-state index contributed by atoms with van der Waals surface area (Å²) in [6.07, 6.45) is 9.99. The Morgan fingerprint density at radius 1 is 1.50 bits per heavy atom. The van der Waals surface area contributed by atoms with Crippen LogP contribution in [0.5, 0.6) is 0 Å². The van der Waals surface area contributed by atoms with Gasteiger partial charge < -0.3 is 11.1 Å². The highest BCUT2D eigenvalue weighted by Crippen LogP contribution is 2.21. The van der Waals surface area contributed by atoms with E-state index in [2.05, 4.69) is 16.7 Å². The fourth-order valence-corrected chi connectivity index (χ4v) is 2.41. The number of nitrogens with two attached hydrogens (primary N) is 1. The Bertz CT molecular complexity index is 380. The minimum Gasteiger partial charge on any atom is -0.368 e. The van der Waals surface area contributed by atoms with Crippen molar-refractivity contribution in [1.29, 1.82) is 0 Å². The summed E-state index contributed by atoms with van der Waals surface area (Å²) in [7, 11) is 0. The summed E-state index contributed by atoms with van der Waals surface area (Å²) in [4.78, 5) is 15.1. The van der Waals surface area contributed by atoms with Crippen LogP contribution in [0.3, 0.4) is 0 Å². The molecule has 4 heteroatoms. The lowest BCUT2D eigenvalue weighted by molar-refractivity contribution is -0.120. The summed E-state index contributed by atoms with van der Waals surface area (Å²) < 4.78 is 0. The van der Waals surface area contributed by atoms with Crippen molar-refractivity contribution < 1.29 is 4.79 Å². The molecule has 2 heterocycles. The van der Waals surface area contributed by atoms with Crippen molar-refractivity contribution in [3.05, 3.63) is 36.5 Å². The number of hydrogen-bond acceptors (Lipinski definition) is 3. The zero-order chi connectivity index (χ0) is 12.8. The Balaban J connectivity index is 1.72. The van der Waals surface area contributed by atoms with Gasteiger partial charge in [-0.3, -0.25) is 9.78 Å². The van der Waals surface area contributed by atoms with Gasteiger partial charge in [0.25, 0.3) is 0 Å². The number of rotatable bonds is 5. The number of primary amides is 1. The number of amides is 1. The number of pyridine rings is 1. The van der Waals surface area contributed by atoms with E-state index in [-0.39, 0.29) is 11.9 Å². The average Bonchev–Trinajstić information content (AvgIpc) is 2.40. The normalized spacial score (nSPS) is 23.8. The van der Waals surface area contributed by atoms with Gasteiger partial charge in [0.2, 0.25) is 5.91 Å². The molecule has 0 spiro atoms. The van der Waals surface area contributed by atoms with Gasteiger partial charge in [-0.05, 0) is 62.3 Å². The highest BCUT2D eigenvalue weighted by molar-refractivity contribution is 5.79. The summed E-state index contributed by atoms with van der Waals surface area (Å²) >= 11 is 0. The Hall–Kier alpha value is -1.42. The number of carbonyl (C=O) groups excluding carboxylic acids is 1. The second kappa shape index (κ2) is 6.50. The third kappa shape index (κ3) is 3.81. The zero-order valence-corrected chi connectivity index (χ0v) is 10.5. The van der Waals surface area contributed by atoms with E-state index in [0.29, 0.717) is 5.92 Å². The summed E-state index contributed by atoms with van der Waals surface area (Å²) in [6, 6.07) is 3.94. The first kappa shape index (κ1) is 13.0. The third-order valence-electron chi connectivity index (χ3n) is 3.47. The maximum Gasteiger partial charge on any atom is 0.234 e. The molecule has 1 radical (unpaired) electrons. The molecule has 0 saturated carbocycles. The minimum atomic E-state index is -0.234. The Morgan fingerprint density at radius 2 is 2.28 bits per heavy atom. The van der Waals surface area contributed by atoms with Crippen LogP contribution < -0.4 is 11.1 Å². The monoisotopic (exact) mass is 246 g/mol. The van der Waals surface area contributed by atoms with Gasteiger partial charge in [0.05, 0.1) is 6.04 Å². The maximum atomic E-state index is 11.1. The second-order valence-corrected chi connectivity index (χ2v) is 4.82. The van der Waals surface area contributed by atoms with Crippen molar-refractivity contribution in [3.8, 4) is 0 Å². The van der Waals surface area contributed by atoms with Gasteiger partial charge in [0, 0.05) is 12.4 Å². The van der Waals surface area contributed by atoms with E-state index < -0.39 is 0 Å². The van der Waals surface area contributed by atoms with Crippen LogP contribution >= 0.6 is 0 Å². The fourth-order valence-electron chi connectivity index (χ4n) is 2.41. The smallest absolute Gasteiger partial charge is 0.234 e. The molecule has 0 aliphatic carbocycles. The summed E-state index contributed by atoms with van der Waals surface area (Å²) in [5.41, 5.74) is 6.63. The molecule has 1 fully saturated rings. The number of hydrogen-bond donors (Lipinski definition) is 2. The number of aryl methyl sites for hydroxylation is 1. The van der Waals surface area contributed by atoms with Crippen LogP contribution in [0.15, 0.2) is 24.5 Å². The van der Waals surface area contributed by atoms with Crippen molar-refractivity contribution in [2.75, 3.05) is 6.54 Å². The predicted molar refractivity (Wildman–Crippen MR) is 70.6 cm³/mol.